The van der Waals surface area contributed by atoms with Gasteiger partial charge in [0.05, 0.1) is 0 Å². The Morgan fingerprint density at radius 2 is 2.26 bits per heavy atom. The molecule has 2 heterocycles. The van der Waals surface area contributed by atoms with Crippen LogP contribution in [0.4, 0.5) is 10.5 Å². The molecule has 23 heavy (non-hydrogen) atoms. The first-order chi connectivity index (χ1) is 11.3. The number of aromatic nitrogens is 4. The highest BCUT2D eigenvalue weighted by Crippen LogP contribution is 2.20. The van der Waals surface area contributed by atoms with Gasteiger partial charge in [-0.2, -0.15) is 11.3 Å². The Morgan fingerprint density at radius 3 is 3.04 bits per heavy atom. The van der Waals surface area contributed by atoms with E-state index in [1.807, 2.05) is 48.0 Å². The van der Waals surface area contributed by atoms with E-state index in [-0.39, 0.29) is 6.03 Å². The van der Waals surface area contributed by atoms with Gasteiger partial charge in [-0.25, -0.2) is 9.48 Å². The molecule has 0 aliphatic heterocycles. The van der Waals surface area contributed by atoms with Gasteiger partial charge >= 0.3 is 6.03 Å². The molecule has 1 aromatic carbocycles. The molecule has 0 radical (unpaired) electrons. The molecular formula is C15H16N6OS. The molecule has 2 N–H and O–H groups in total. The highest BCUT2D eigenvalue weighted by Gasteiger charge is 2.09. The zero-order valence-electron chi connectivity index (χ0n) is 12.6. The average molecular weight is 328 g/mol. The van der Waals surface area contributed by atoms with Gasteiger partial charge in [0.25, 0.3) is 0 Å². The first kappa shape index (κ1) is 15.2. The number of rotatable bonds is 5. The number of amides is 2. The summed E-state index contributed by atoms with van der Waals surface area (Å²) in [6.07, 6.45) is 0. The summed E-state index contributed by atoms with van der Waals surface area (Å²) in [7, 11) is 0. The molecular weight excluding hydrogens is 312 g/mol. The van der Waals surface area contributed by atoms with E-state index in [9.17, 15) is 4.79 Å². The molecule has 0 spiro atoms. The van der Waals surface area contributed by atoms with Gasteiger partial charge in [-0.3, -0.25) is 0 Å². The number of urea groups is 1. The molecule has 0 saturated carbocycles. The predicted octanol–water partition coefficient (Wildman–Crippen LogP) is 2.74. The van der Waals surface area contributed by atoms with Crippen molar-refractivity contribution in [2.24, 2.45) is 0 Å². The van der Waals surface area contributed by atoms with Crippen LogP contribution in [0.5, 0.6) is 0 Å². The van der Waals surface area contributed by atoms with E-state index in [2.05, 4.69) is 26.2 Å². The fourth-order valence-corrected chi connectivity index (χ4v) is 2.78. The number of carbonyl (C=O) groups excluding carboxylic acids is 1. The first-order valence-electron chi connectivity index (χ1n) is 7.19. The minimum Gasteiger partial charge on any atom is -0.334 e. The zero-order chi connectivity index (χ0) is 16.1. The van der Waals surface area contributed by atoms with Crippen molar-refractivity contribution in [3.8, 4) is 11.4 Å². The Balaban J connectivity index is 1.66. The molecule has 0 bridgehead atoms. The lowest BCUT2D eigenvalue weighted by Gasteiger charge is -2.08. The van der Waals surface area contributed by atoms with Crippen molar-refractivity contribution >= 4 is 23.1 Å². The van der Waals surface area contributed by atoms with Gasteiger partial charge in [0, 0.05) is 24.3 Å². The van der Waals surface area contributed by atoms with Gasteiger partial charge < -0.3 is 10.6 Å². The third-order valence-corrected chi connectivity index (χ3v) is 3.98. The van der Waals surface area contributed by atoms with Crippen LogP contribution in [0.1, 0.15) is 12.5 Å². The van der Waals surface area contributed by atoms with Gasteiger partial charge in [0.2, 0.25) is 0 Å². The highest BCUT2D eigenvalue weighted by molar-refractivity contribution is 7.07. The molecule has 8 heteroatoms. The number of hydrogen-bond donors (Lipinski definition) is 2. The normalized spacial score (nSPS) is 10.5. The molecule has 0 saturated heterocycles. The van der Waals surface area contributed by atoms with Gasteiger partial charge in [-0.15, -0.1) is 5.10 Å². The minimum atomic E-state index is -0.247. The van der Waals surface area contributed by atoms with E-state index in [1.54, 1.807) is 16.0 Å². The number of hydrogen-bond acceptors (Lipinski definition) is 5. The van der Waals surface area contributed by atoms with Crippen molar-refractivity contribution in [3.63, 3.8) is 0 Å². The molecule has 118 valence electrons. The Bertz CT molecular complexity index is 783. The molecule has 2 amide bonds. The molecule has 0 unspecified atom stereocenters. The summed E-state index contributed by atoms with van der Waals surface area (Å²) in [5.41, 5.74) is 2.63. The van der Waals surface area contributed by atoms with E-state index in [0.29, 0.717) is 24.6 Å². The largest absolute Gasteiger partial charge is 0.334 e. The van der Waals surface area contributed by atoms with Crippen LogP contribution in [0.2, 0.25) is 0 Å². The topological polar surface area (TPSA) is 84.7 Å². The van der Waals surface area contributed by atoms with Crippen LogP contribution in [0, 0.1) is 0 Å². The fourth-order valence-electron chi connectivity index (χ4n) is 2.11. The maximum Gasteiger partial charge on any atom is 0.319 e. The van der Waals surface area contributed by atoms with E-state index < -0.39 is 0 Å². The maximum atomic E-state index is 12.0. The second kappa shape index (κ2) is 7.01. The van der Waals surface area contributed by atoms with Crippen LogP contribution in [-0.2, 0) is 13.1 Å². The molecule has 0 aliphatic rings. The highest BCUT2D eigenvalue weighted by atomic mass is 32.1. The number of thiophene rings is 1. The maximum absolute atomic E-state index is 12.0. The second-order valence-electron chi connectivity index (χ2n) is 4.84. The Kier molecular flexibility index (Phi) is 4.62. The van der Waals surface area contributed by atoms with Crippen LogP contribution in [0.25, 0.3) is 11.4 Å². The van der Waals surface area contributed by atoms with Crippen molar-refractivity contribution in [1.82, 2.24) is 25.5 Å². The van der Waals surface area contributed by atoms with Crippen LogP contribution in [0.3, 0.4) is 0 Å². The smallest absolute Gasteiger partial charge is 0.319 e. The fraction of sp³-hybridized carbons (Fsp3) is 0.200. The Hall–Kier alpha value is -2.74. The van der Waals surface area contributed by atoms with Gasteiger partial charge in [-0.1, -0.05) is 12.1 Å². The molecule has 0 fully saturated rings. The summed E-state index contributed by atoms with van der Waals surface area (Å²) in [5, 5.41) is 21.2. The molecule has 0 aliphatic carbocycles. The van der Waals surface area contributed by atoms with Crippen molar-refractivity contribution in [1.29, 1.82) is 0 Å². The van der Waals surface area contributed by atoms with Crippen LogP contribution < -0.4 is 10.6 Å². The zero-order valence-corrected chi connectivity index (χ0v) is 13.4. The number of carbonyl (C=O) groups is 1. The van der Waals surface area contributed by atoms with E-state index in [1.165, 1.54) is 0 Å². The summed E-state index contributed by atoms with van der Waals surface area (Å²) in [6, 6.07) is 9.18. The molecule has 2 aromatic heterocycles. The first-order valence-corrected chi connectivity index (χ1v) is 8.13. The molecule has 0 atom stereocenters. The number of nitrogens with one attached hydrogen (secondary N) is 2. The van der Waals surface area contributed by atoms with Gasteiger partial charge in [0.15, 0.2) is 5.82 Å². The van der Waals surface area contributed by atoms with Crippen molar-refractivity contribution < 1.29 is 4.79 Å². The molecule has 7 nitrogen and oxygen atoms in total. The summed E-state index contributed by atoms with van der Waals surface area (Å²) in [5.74, 6) is 0.676. The Morgan fingerprint density at radius 1 is 1.35 bits per heavy atom. The molecule has 3 aromatic rings. The summed E-state index contributed by atoms with van der Waals surface area (Å²) in [6.45, 7) is 3.16. The van der Waals surface area contributed by atoms with E-state index in [0.717, 1.165) is 11.1 Å². The monoisotopic (exact) mass is 328 g/mol. The average Bonchev–Trinajstić information content (AvgIpc) is 3.24. The van der Waals surface area contributed by atoms with Crippen LogP contribution in [0.15, 0.2) is 41.1 Å². The number of benzene rings is 1. The number of aryl methyl sites for hydroxylation is 1. The number of nitrogens with zero attached hydrogens (tertiary/aromatic N) is 4. The van der Waals surface area contributed by atoms with E-state index in [4.69, 9.17) is 0 Å². The van der Waals surface area contributed by atoms with Gasteiger partial charge in [0.1, 0.15) is 0 Å². The SMILES string of the molecule is CCn1nnnc1-c1cccc(NC(=O)NCc2ccsc2)c1. The van der Waals surface area contributed by atoms with Crippen LogP contribution >= 0.6 is 11.3 Å². The van der Waals surface area contributed by atoms with Crippen molar-refractivity contribution in [2.75, 3.05) is 5.32 Å². The predicted molar refractivity (Wildman–Crippen MR) is 89.1 cm³/mol. The third kappa shape index (κ3) is 3.72. The number of anilines is 1. The van der Waals surface area contributed by atoms with Crippen molar-refractivity contribution in [2.45, 2.75) is 20.0 Å². The Labute approximate surface area is 137 Å². The quantitative estimate of drug-likeness (QED) is 0.754. The summed E-state index contributed by atoms with van der Waals surface area (Å²) >= 11 is 1.61. The van der Waals surface area contributed by atoms with Gasteiger partial charge in [-0.05, 0) is 51.9 Å². The van der Waals surface area contributed by atoms with Crippen LogP contribution in [-0.4, -0.2) is 26.2 Å². The summed E-state index contributed by atoms with van der Waals surface area (Å²) < 4.78 is 1.70. The third-order valence-electron chi connectivity index (χ3n) is 3.24. The molecule has 3 rings (SSSR count). The van der Waals surface area contributed by atoms with E-state index >= 15 is 0 Å². The number of tetrazole rings is 1. The lowest BCUT2D eigenvalue weighted by atomic mass is 10.2. The second-order valence-corrected chi connectivity index (χ2v) is 5.62. The minimum absolute atomic E-state index is 0.247. The lowest BCUT2D eigenvalue weighted by molar-refractivity contribution is 0.252. The lowest BCUT2D eigenvalue weighted by Crippen LogP contribution is -2.27. The standard InChI is InChI=1S/C15H16N6OS/c1-2-21-14(18-19-20-21)12-4-3-5-13(8-12)17-15(22)16-9-11-6-7-23-10-11/h3-8,10H,2,9H2,1H3,(H2,16,17,22). The summed E-state index contributed by atoms with van der Waals surface area (Å²) in [4.78, 5) is 12.0. The van der Waals surface area contributed by atoms with Crippen molar-refractivity contribution in [3.05, 3.63) is 46.7 Å².